The number of carbonyl (C=O) groups is 2. The fourth-order valence-corrected chi connectivity index (χ4v) is 8.62. The van der Waals surface area contributed by atoms with Crippen LogP contribution in [0.5, 0.6) is 0 Å². The molecule has 0 aliphatic heterocycles. The number of carbonyl (C=O) groups excluding carboxylic acids is 2. The van der Waals surface area contributed by atoms with Gasteiger partial charge in [0.1, 0.15) is 0 Å². The van der Waals surface area contributed by atoms with Crippen LogP contribution >= 0.6 is 0 Å². The van der Waals surface area contributed by atoms with Crippen molar-refractivity contribution in [2.45, 2.75) is 309 Å². The van der Waals surface area contributed by atoms with Crippen LogP contribution in [0.3, 0.4) is 0 Å². The molecule has 0 saturated carbocycles. The summed E-state index contributed by atoms with van der Waals surface area (Å²) in [5.74, 6) is -0.114. The third-order valence-corrected chi connectivity index (χ3v) is 13.1. The van der Waals surface area contributed by atoms with Crippen molar-refractivity contribution >= 4 is 11.9 Å². The van der Waals surface area contributed by atoms with Crippen LogP contribution in [0, 0.1) is 0 Å². The van der Waals surface area contributed by atoms with Gasteiger partial charge in [0.05, 0.1) is 25.4 Å². The van der Waals surface area contributed by atoms with Gasteiger partial charge in [0.15, 0.2) is 0 Å². The number of hydrogen-bond donors (Lipinski definition) is 3. The lowest BCUT2D eigenvalue weighted by atomic mass is 10.0. The van der Waals surface area contributed by atoms with E-state index in [0.717, 1.165) is 77.0 Å². The van der Waals surface area contributed by atoms with Gasteiger partial charge in [-0.05, 0) is 89.9 Å². The molecule has 0 rings (SSSR count). The van der Waals surface area contributed by atoms with Crippen molar-refractivity contribution in [1.82, 2.24) is 5.32 Å². The van der Waals surface area contributed by atoms with E-state index < -0.39 is 12.1 Å². The molecular formula is C60H111NO5. The van der Waals surface area contributed by atoms with Gasteiger partial charge in [0.2, 0.25) is 5.91 Å². The summed E-state index contributed by atoms with van der Waals surface area (Å²) in [6.45, 7) is 4.84. The number of rotatable bonds is 53. The number of esters is 1. The summed E-state index contributed by atoms with van der Waals surface area (Å²) in [6, 6.07) is -0.645. The monoisotopic (exact) mass is 926 g/mol. The third-order valence-electron chi connectivity index (χ3n) is 13.1. The normalized spacial score (nSPS) is 13.0. The fraction of sp³-hybridized carbons (Fsp3) is 0.833. The lowest BCUT2D eigenvalue weighted by Crippen LogP contribution is -2.45. The van der Waals surface area contributed by atoms with Crippen LogP contribution in [-0.2, 0) is 14.3 Å². The van der Waals surface area contributed by atoms with Crippen molar-refractivity contribution in [1.29, 1.82) is 0 Å². The van der Waals surface area contributed by atoms with E-state index in [0.29, 0.717) is 19.4 Å². The van der Waals surface area contributed by atoms with Gasteiger partial charge in [-0.3, -0.25) is 9.59 Å². The molecule has 6 heteroatoms. The zero-order chi connectivity index (χ0) is 47.9. The van der Waals surface area contributed by atoms with Crippen molar-refractivity contribution < 1.29 is 24.5 Å². The average Bonchev–Trinajstić information content (AvgIpc) is 3.32. The van der Waals surface area contributed by atoms with Gasteiger partial charge in [-0.1, -0.05) is 242 Å². The smallest absolute Gasteiger partial charge is 0.305 e. The predicted octanol–water partition coefficient (Wildman–Crippen LogP) is 17.8. The van der Waals surface area contributed by atoms with E-state index >= 15 is 0 Å². The highest BCUT2D eigenvalue weighted by Crippen LogP contribution is 2.16. The molecule has 66 heavy (non-hydrogen) atoms. The number of ether oxygens (including phenoxy) is 1. The minimum atomic E-state index is -0.859. The topological polar surface area (TPSA) is 95.9 Å². The third kappa shape index (κ3) is 51.2. The van der Waals surface area contributed by atoms with Crippen molar-refractivity contribution in [3.63, 3.8) is 0 Å². The summed E-state index contributed by atoms with van der Waals surface area (Å²) >= 11 is 0. The molecule has 2 atom stereocenters. The Labute approximate surface area is 410 Å². The average molecular weight is 927 g/mol. The van der Waals surface area contributed by atoms with E-state index in [1.54, 1.807) is 6.08 Å². The van der Waals surface area contributed by atoms with Crippen LogP contribution in [0.4, 0.5) is 0 Å². The number of nitrogens with one attached hydrogen (secondary N) is 1. The highest BCUT2D eigenvalue weighted by atomic mass is 16.5. The molecule has 2 unspecified atom stereocenters. The molecule has 0 aliphatic carbocycles. The summed E-state index contributed by atoms with van der Waals surface area (Å²) < 4.78 is 5.46. The molecule has 0 bridgehead atoms. The first-order valence-corrected chi connectivity index (χ1v) is 28.9. The van der Waals surface area contributed by atoms with Crippen molar-refractivity contribution in [3.8, 4) is 0 Å². The van der Waals surface area contributed by atoms with Gasteiger partial charge in [-0.25, -0.2) is 0 Å². The van der Waals surface area contributed by atoms with Crippen LogP contribution in [0.1, 0.15) is 296 Å². The molecule has 0 fully saturated rings. The molecule has 0 spiro atoms. The van der Waals surface area contributed by atoms with E-state index in [1.807, 2.05) is 6.08 Å². The van der Waals surface area contributed by atoms with Gasteiger partial charge in [-0.2, -0.15) is 0 Å². The van der Waals surface area contributed by atoms with Crippen LogP contribution in [0.25, 0.3) is 0 Å². The molecule has 1 amide bonds. The fourth-order valence-electron chi connectivity index (χ4n) is 8.62. The number of aliphatic hydroxyl groups is 2. The standard InChI is InChI=1S/C60H111NO5/c1-3-5-7-9-11-13-15-17-19-20-21-22-26-30-34-38-42-46-50-54-60(65)66-55-51-47-43-39-35-31-27-23-25-29-33-37-41-45-49-53-59(64)61-57(56-62)58(63)52-48-44-40-36-32-28-24-18-16-14-12-10-8-6-4-2/h17,19,23,27,31,35,48,52,57-58,62-63H,3-16,18,20-22,24-26,28-30,32-34,36-47,49-51,53-56H2,1-2H3,(H,61,64)/b19-17-,27-23-,35-31-,52-48+. The second kappa shape index (κ2) is 55.4. The molecule has 6 nitrogen and oxygen atoms in total. The van der Waals surface area contributed by atoms with E-state index in [-0.39, 0.29) is 18.5 Å². The summed E-state index contributed by atoms with van der Waals surface area (Å²) in [5.41, 5.74) is 0. The molecular weight excluding hydrogens is 815 g/mol. The Balaban J connectivity index is 3.53. The zero-order valence-electron chi connectivity index (χ0n) is 43.9. The number of aliphatic hydroxyl groups excluding tert-OH is 2. The van der Waals surface area contributed by atoms with Crippen molar-refractivity contribution in [3.05, 3.63) is 48.6 Å². The Morgan fingerprint density at radius 2 is 0.758 bits per heavy atom. The highest BCUT2D eigenvalue weighted by Gasteiger charge is 2.18. The molecule has 0 aromatic carbocycles. The second-order valence-electron chi connectivity index (χ2n) is 19.6. The molecule has 0 saturated heterocycles. The number of allylic oxidation sites excluding steroid dienone is 7. The Hall–Kier alpha value is -2.18. The molecule has 0 aromatic heterocycles. The van der Waals surface area contributed by atoms with E-state index in [1.165, 1.54) is 193 Å². The summed E-state index contributed by atoms with van der Waals surface area (Å²) in [6.07, 6.45) is 69.9. The van der Waals surface area contributed by atoms with E-state index in [9.17, 15) is 19.8 Å². The second-order valence-corrected chi connectivity index (χ2v) is 19.6. The Morgan fingerprint density at radius 1 is 0.424 bits per heavy atom. The minimum absolute atomic E-state index is 0.0237. The van der Waals surface area contributed by atoms with Gasteiger partial charge in [-0.15, -0.1) is 0 Å². The van der Waals surface area contributed by atoms with Gasteiger partial charge in [0, 0.05) is 12.8 Å². The minimum Gasteiger partial charge on any atom is -0.466 e. The molecule has 0 aromatic rings. The molecule has 3 N–H and O–H groups in total. The lowest BCUT2D eigenvalue weighted by Gasteiger charge is -2.20. The quantitative estimate of drug-likeness (QED) is 0.0244. The molecule has 386 valence electrons. The van der Waals surface area contributed by atoms with E-state index in [2.05, 4.69) is 55.6 Å². The maximum atomic E-state index is 12.4. The Kier molecular flexibility index (Phi) is 53.6. The van der Waals surface area contributed by atoms with Crippen LogP contribution in [-0.4, -0.2) is 47.4 Å². The van der Waals surface area contributed by atoms with Gasteiger partial charge >= 0.3 is 5.97 Å². The van der Waals surface area contributed by atoms with Crippen LogP contribution in [0.15, 0.2) is 48.6 Å². The number of amides is 1. The van der Waals surface area contributed by atoms with Crippen LogP contribution in [0.2, 0.25) is 0 Å². The molecule has 0 radical (unpaired) electrons. The maximum Gasteiger partial charge on any atom is 0.305 e. The molecule has 0 aliphatic rings. The lowest BCUT2D eigenvalue weighted by molar-refractivity contribution is -0.143. The predicted molar refractivity (Wildman–Crippen MR) is 287 cm³/mol. The highest BCUT2D eigenvalue weighted by molar-refractivity contribution is 5.76. The first-order chi connectivity index (χ1) is 32.5. The number of unbranched alkanes of at least 4 members (excludes halogenated alkanes) is 37. The SMILES string of the molecule is CCCCCCCC/C=C\CCCCCCCCCCCC(=O)OCCCCC/C=C\C=C/CCCCCCCCC(=O)NC(CO)C(O)/C=C/CCCCCCCCCCCCCCC. The first kappa shape index (κ1) is 63.8. The first-order valence-electron chi connectivity index (χ1n) is 28.9. The van der Waals surface area contributed by atoms with Gasteiger partial charge < -0.3 is 20.3 Å². The van der Waals surface area contributed by atoms with Crippen molar-refractivity contribution in [2.24, 2.45) is 0 Å². The van der Waals surface area contributed by atoms with Gasteiger partial charge in [0.25, 0.3) is 0 Å². The largest absolute Gasteiger partial charge is 0.466 e. The maximum absolute atomic E-state index is 12.4. The number of hydrogen-bond acceptors (Lipinski definition) is 5. The van der Waals surface area contributed by atoms with Crippen molar-refractivity contribution in [2.75, 3.05) is 13.2 Å². The summed E-state index contributed by atoms with van der Waals surface area (Å²) in [4.78, 5) is 24.5. The Morgan fingerprint density at radius 3 is 1.17 bits per heavy atom. The summed E-state index contributed by atoms with van der Waals surface area (Å²) in [5, 5.41) is 23.1. The molecule has 0 heterocycles. The zero-order valence-corrected chi connectivity index (χ0v) is 43.9. The van der Waals surface area contributed by atoms with E-state index in [4.69, 9.17) is 4.74 Å². The summed E-state index contributed by atoms with van der Waals surface area (Å²) in [7, 11) is 0. The Bertz CT molecular complexity index is 1110. The van der Waals surface area contributed by atoms with Crippen LogP contribution < -0.4 is 5.32 Å².